The monoisotopic (exact) mass is 361 g/mol. The summed E-state index contributed by atoms with van der Waals surface area (Å²) in [6, 6.07) is 18.3. The van der Waals surface area contributed by atoms with Gasteiger partial charge in [0.15, 0.2) is 9.84 Å². The summed E-state index contributed by atoms with van der Waals surface area (Å²) in [5.41, 5.74) is 1.14. The van der Waals surface area contributed by atoms with E-state index < -0.39 is 9.84 Å². The number of likely N-dealkylation sites (N-methyl/N-ethyl adjacent to an activating group) is 1. The van der Waals surface area contributed by atoms with E-state index in [1.54, 1.807) is 30.3 Å². The molecule has 0 heterocycles. The van der Waals surface area contributed by atoms with Crippen molar-refractivity contribution >= 4 is 15.7 Å². The normalized spacial score (nSPS) is 12.8. The molecule has 0 unspecified atom stereocenters. The Bertz CT molecular complexity index is 775. The van der Waals surface area contributed by atoms with Gasteiger partial charge in [-0.05, 0) is 12.1 Å². The van der Waals surface area contributed by atoms with Crippen LogP contribution in [0.3, 0.4) is 0 Å². The SMILES string of the molecule is C[NH+](C)[C@H](CNC(=O)CCS(=O)(=O)c1ccccc1)c1ccccc1. The molecule has 0 spiro atoms. The van der Waals surface area contributed by atoms with Gasteiger partial charge in [-0.25, -0.2) is 8.42 Å². The van der Waals surface area contributed by atoms with E-state index in [2.05, 4.69) is 5.32 Å². The fraction of sp³-hybridized carbons (Fsp3) is 0.316. The van der Waals surface area contributed by atoms with Crippen molar-refractivity contribution in [2.45, 2.75) is 17.4 Å². The number of quaternary nitrogens is 1. The fourth-order valence-electron chi connectivity index (χ4n) is 2.62. The van der Waals surface area contributed by atoms with Crippen molar-refractivity contribution < 1.29 is 18.1 Å². The zero-order chi connectivity index (χ0) is 18.3. The lowest BCUT2D eigenvalue weighted by molar-refractivity contribution is -0.890. The lowest BCUT2D eigenvalue weighted by Crippen LogP contribution is -3.07. The zero-order valence-corrected chi connectivity index (χ0v) is 15.4. The van der Waals surface area contributed by atoms with Crippen LogP contribution in [0.1, 0.15) is 18.0 Å². The molecule has 0 aliphatic carbocycles. The summed E-state index contributed by atoms with van der Waals surface area (Å²) in [4.78, 5) is 13.5. The number of sulfone groups is 1. The number of rotatable bonds is 8. The number of nitrogens with one attached hydrogen (secondary N) is 2. The van der Waals surface area contributed by atoms with Crippen molar-refractivity contribution in [2.75, 3.05) is 26.4 Å². The summed E-state index contributed by atoms with van der Waals surface area (Å²) < 4.78 is 24.4. The van der Waals surface area contributed by atoms with Crippen LogP contribution in [0, 0.1) is 0 Å². The van der Waals surface area contributed by atoms with E-state index in [9.17, 15) is 13.2 Å². The fourth-order valence-corrected chi connectivity index (χ4v) is 3.88. The van der Waals surface area contributed by atoms with Gasteiger partial charge in [0.2, 0.25) is 5.91 Å². The van der Waals surface area contributed by atoms with Crippen LogP contribution in [0.5, 0.6) is 0 Å². The third-order valence-corrected chi connectivity index (χ3v) is 5.83. The second-order valence-corrected chi connectivity index (χ2v) is 8.34. The van der Waals surface area contributed by atoms with Gasteiger partial charge in [0.25, 0.3) is 0 Å². The van der Waals surface area contributed by atoms with Crippen LogP contribution in [-0.4, -0.2) is 40.7 Å². The Morgan fingerprint density at radius 3 is 2.12 bits per heavy atom. The summed E-state index contributed by atoms with van der Waals surface area (Å²) >= 11 is 0. The van der Waals surface area contributed by atoms with Crippen LogP contribution in [0.2, 0.25) is 0 Å². The van der Waals surface area contributed by atoms with E-state index in [0.717, 1.165) is 5.56 Å². The smallest absolute Gasteiger partial charge is 0.221 e. The highest BCUT2D eigenvalue weighted by molar-refractivity contribution is 7.91. The minimum atomic E-state index is -3.43. The molecule has 0 saturated heterocycles. The van der Waals surface area contributed by atoms with Crippen molar-refractivity contribution in [3.8, 4) is 0 Å². The molecule has 1 atom stereocenters. The van der Waals surface area contributed by atoms with Crippen molar-refractivity contribution in [3.63, 3.8) is 0 Å². The van der Waals surface area contributed by atoms with E-state index in [4.69, 9.17) is 0 Å². The molecule has 0 aromatic heterocycles. The van der Waals surface area contributed by atoms with Crippen LogP contribution in [-0.2, 0) is 14.6 Å². The van der Waals surface area contributed by atoms with Crippen LogP contribution < -0.4 is 10.2 Å². The molecule has 25 heavy (non-hydrogen) atoms. The largest absolute Gasteiger partial charge is 0.350 e. The second kappa shape index (κ2) is 8.78. The van der Waals surface area contributed by atoms with E-state index >= 15 is 0 Å². The van der Waals surface area contributed by atoms with E-state index in [-0.39, 0.29) is 29.0 Å². The Balaban J connectivity index is 1.90. The van der Waals surface area contributed by atoms with Crippen molar-refractivity contribution in [1.82, 2.24) is 5.32 Å². The molecule has 2 aromatic carbocycles. The predicted molar refractivity (Wildman–Crippen MR) is 98.1 cm³/mol. The van der Waals surface area contributed by atoms with Crippen LogP contribution in [0.4, 0.5) is 0 Å². The van der Waals surface area contributed by atoms with E-state index in [0.29, 0.717) is 6.54 Å². The molecule has 0 saturated carbocycles. The quantitative estimate of drug-likeness (QED) is 0.733. The van der Waals surface area contributed by atoms with Crippen molar-refractivity contribution in [1.29, 1.82) is 0 Å². The molecule has 2 rings (SSSR count). The first-order valence-electron chi connectivity index (χ1n) is 8.29. The first kappa shape index (κ1) is 19.1. The maximum absolute atomic E-state index is 12.2. The minimum Gasteiger partial charge on any atom is -0.350 e. The Labute approximate surface area is 149 Å². The molecule has 6 heteroatoms. The Morgan fingerprint density at radius 2 is 1.56 bits per heavy atom. The zero-order valence-electron chi connectivity index (χ0n) is 14.6. The first-order chi connectivity index (χ1) is 11.9. The molecular formula is C19H25N2O3S+. The number of hydrogen-bond acceptors (Lipinski definition) is 3. The van der Waals surface area contributed by atoms with Crippen LogP contribution >= 0.6 is 0 Å². The lowest BCUT2D eigenvalue weighted by Gasteiger charge is -2.22. The summed E-state index contributed by atoms with van der Waals surface area (Å²) in [7, 11) is 0.634. The lowest BCUT2D eigenvalue weighted by atomic mass is 10.1. The highest BCUT2D eigenvalue weighted by Crippen LogP contribution is 2.11. The highest BCUT2D eigenvalue weighted by atomic mass is 32.2. The van der Waals surface area contributed by atoms with Crippen molar-refractivity contribution in [3.05, 3.63) is 66.2 Å². The minimum absolute atomic E-state index is 0.0402. The third kappa shape index (κ3) is 5.69. The second-order valence-electron chi connectivity index (χ2n) is 6.23. The van der Waals surface area contributed by atoms with E-state index in [1.165, 1.54) is 4.90 Å². The molecule has 2 N–H and O–H groups in total. The number of carbonyl (C=O) groups excluding carboxylic acids is 1. The summed E-state index contributed by atoms with van der Waals surface area (Å²) in [6.45, 7) is 0.469. The molecule has 1 amide bonds. The summed E-state index contributed by atoms with van der Waals surface area (Å²) in [6.07, 6.45) is -0.0402. The molecule has 2 aromatic rings. The summed E-state index contributed by atoms with van der Waals surface area (Å²) in [5, 5.41) is 2.86. The van der Waals surface area contributed by atoms with Gasteiger partial charge >= 0.3 is 0 Å². The topological polar surface area (TPSA) is 67.7 Å². The molecular weight excluding hydrogens is 336 g/mol. The number of hydrogen-bond donors (Lipinski definition) is 2. The number of carbonyl (C=O) groups is 1. The summed E-state index contributed by atoms with van der Waals surface area (Å²) in [5.74, 6) is -0.435. The third-order valence-electron chi connectivity index (χ3n) is 4.10. The van der Waals surface area contributed by atoms with Gasteiger partial charge in [0, 0.05) is 12.0 Å². The number of amides is 1. The van der Waals surface area contributed by atoms with Gasteiger partial charge in [-0.15, -0.1) is 0 Å². The molecule has 0 aliphatic rings. The Morgan fingerprint density at radius 1 is 1.00 bits per heavy atom. The van der Waals surface area contributed by atoms with Crippen molar-refractivity contribution in [2.24, 2.45) is 0 Å². The van der Waals surface area contributed by atoms with Crippen LogP contribution in [0.15, 0.2) is 65.6 Å². The van der Waals surface area contributed by atoms with Gasteiger partial charge < -0.3 is 10.2 Å². The average Bonchev–Trinajstić information content (AvgIpc) is 2.61. The maximum atomic E-state index is 12.2. The first-order valence-corrected chi connectivity index (χ1v) is 9.95. The Kier molecular flexibility index (Phi) is 6.73. The molecule has 5 nitrogen and oxygen atoms in total. The van der Waals surface area contributed by atoms with E-state index in [1.807, 2.05) is 44.4 Å². The molecule has 0 aliphatic heterocycles. The van der Waals surface area contributed by atoms with Gasteiger partial charge in [0.05, 0.1) is 31.3 Å². The molecule has 0 bridgehead atoms. The standard InChI is InChI=1S/C19H24N2O3S/c1-21(2)18(16-9-5-3-6-10-16)15-20-19(22)13-14-25(23,24)17-11-7-4-8-12-17/h3-12,18H,13-15H2,1-2H3,(H,20,22)/p+1/t18-/m1/s1. The Hall–Kier alpha value is -2.18. The van der Waals surface area contributed by atoms with Gasteiger partial charge in [-0.3, -0.25) is 4.79 Å². The predicted octanol–water partition coefficient (Wildman–Crippen LogP) is 0.852. The van der Waals surface area contributed by atoms with Gasteiger partial charge in [0.1, 0.15) is 6.04 Å². The number of benzene rings is 2. The molecule has 0 radical (unpaired) electrons. The maximum Gasteiger partial charge on any atom is 0.221 e. The molecule has 0 fully saturated rings. The van der Waals surface area contributed by atoms with Crippen LogP contribution in [0.25, 0.3) is 0 Å². The van der Waals surface area contributed by atoms with Gasteiger partial charge in [-0.2, -0.15) is 0 Å². The highest BCUT2D eigenvalue weighted by Gasteiger charge is 2.20. The van der Waals surface area contributed by atoms with Gasteiger partial charge in [-0.1, -0.05) is 48.5 Å². The molecule has 134 valence electrons. The average molecular weight is 361 g/mol.